The van der Waals surface area contributed by atoms with E-state index in [1.54, 1.807) is 13.0 Å². The number of aliphatic hydroxyl groups excluding tert-OH is 1. The van der Waals surface area contributed by atoms with Gasteiger partial charge >= 0.3 is 5.97 Å². The first-order valence-electron chi connectivity index (χ1n) is 3.84. The number of ether oxygens (including phenoxy) is 1. The highest BCUT2D eigenvalue weighted by Gasteiger charge is 1.97. The quantitative estimate of drug-likeness (QED) is 0.381. The standard InChI is InChI=1S/C9H14O3/c1-3-5-8(10)6-7-9(11)12-4-2/h3,6-8,10H,1,4-5H2,2H3/b7-6+/t8-/m0/s1. The van der Waals surface area contributed by atoms with Crippen LogP contribution in [0.4, 0.5) is 0 Å². The summed E-state index contributed by atoms with van der Waals surface area (Å²) in [4.78, 5) is 10.7. The van der Waals surface area contributed by atoms with Crippen molar-refractivity contribution in [2.45, 2.75) is 19.4 Å². The van der Waals surface area contributed by atoms with Crippen LogP contribution < -0.4 is 0 Å². The Hall–Kier alpha value is -1.09. The van der Waals surface area contributed by atoms with E-state index in [4.69, 9.17) is 5.11 Å². The molecule has 1 atom stereocenters. The summed E-state index contributed by atoms with van der Waals surface area (Å²) in [5.41, 5.74) is 0. The molecule has 0 aliphatic heterocycles. The van der Waals surface area contributed by atoms with Gasteiger partial charge in [0.2, 0.25) is 0 Å². The first-order chi connectivity index (χ1) is 5.70. The maximum Gasteiger partial charge on any atom is 0.330 e. The van der Waals surface area contributed by atoms with Gasteiger partial charge in [-0.15, -0.1) is 6.58 Å². The monoisotopic (exact) mass is 170 g/mol. The molecular formula is C9H14O3. The van der Waals surface area contributed by atoms with Crippen molar-refractivity contribution in [1.29, 1.82) is 0 Å². The fourth-order valence-corrected chi connectivity index (χ4v) is 0.629. The van der Waals surface area contributed by atoms with Gasteiger partial charge in [-0.3, -0.25) is 0 Å². The van der Waals surface area contributed by atoms with Crippen LogP contribution in [0.25, 0.3) is 0 Å². The Labute approximate surface area is 72.3 Å². The maximum atomic E-state index is 10.7. The highest BCUT2D eigenvalue weighted by Crippen LogP contribution is 1.94. The topological polar surface area (TPSA) is 46.5 Å². The van der Waals surface area contributed by atoms with Gasteiger partial charge in [0.1, 0.15) is 0 Å². The molecule has 3 heteroatoms. The van der Waals surface area contributed by atoms with Crippen LogP contribution in [0.2, 0.25) is 0 Å². The Morgan fingerprint density at radius 3 is 2.92 bits per heavy atom. The van der Waals surface area contributed by atoms with Gasteiger partial charge in [0.25, 0.3) is 0 Å². The Morgan fingerprint density at radius 1 is 1.75 bits per heavy atom. The van der Waals surface area contributed by atoms with Crippen LogP contribution >= 0.6 is 0 Å². The third kappa shape index (κ3) is 5.68. The number of carbonyl (C=O) groups excluding carboxylic acids is 1. The lowest BCUT2D eigenvalue weighted by Crippen LogP contribution is -2.04. The molecule has 0 heterocycles. The van der Waals surface area contributed by atoms with Gasteiger partial charge in [-0.1, -0.05) is 6.08 Å². The number of carbonyl (C=O) groups is 1. The van der Waals surface area contributed by atoms with Crippen molar-refractivity contribution in [3.63, 3.8) is 0 Å². The summed E-state index contributed by atoms with van der Waals surface area (Å²) in [7, 11) is 0. The van der Waals surface area contributed by atoms with E-state index in [-0.39, 0.29) is 0 Å². The Kier molecular flexibility index (Phi) is 6.01. The van der Waals surface area contributed by atoms with Crippen LogP contribution in [-0.4, -0.2) is 23.8 Å². The highest BCUT2D eigenvalue weighted by molar-refractivity contribution is 5.81. The molecule has 0 spiro atoms. The first kappa shape index (κ1) is 10.9. The van der Waals surface area contributed by atoms with Crippen molar-refractivity contribution in [2.75, 3.05) is 6.61 Å². The molecule has 0 unspecified atom stereocenters. The second kappa shape index (κ2) is 6.61. The van der Waals surface area contributed by atoms with Gasteiger partial charge in [-0.05, 0) is 19.4 Å². The maximum absolute atomic E-state index is 10.7. The fourth-order valence-electron chi connectivity index (χ4n) is 0.629. The molecule has 0 bridgehead atoms. The summed E-state index contributed by atoms with van der Waals surface area (Å²) in [6, 6.07) is 0. The highest BCUT2D eigenvalue weighted by atomic mass is 16.5. The molecule has 0 radical (unpaired) electrons. The zero-order valence-electron chi connectivity index (χ0n) is 7.19. The zero-order valence-corrected chi connectivity index (χ0v) is 7.19. The molecule has 0 aromatic carbocycles. The van der Waals surface area contributed by atoms with Crippen molar-refractivity contribution in [3.8, 4) is 0 Å². The van der Waals surface area contributed by atoms with Crippen molar-refractivity contribution >= 4 is 5.97 Å². The summed E-state index contributed by atoms with van der Waals surface area (Å²) in [6.07, 6.45) is 3.99. The number of hydrogen-bond acceptors (Lipinski definition) is 3. The molecule has 68 valence electrons. The molecule has 0 aromatic heterocycles. The first-order valence-corrected chi connectivity index (χ1v) is 3.84. The molecule has 12 heavy (non-hydrogen) atoms. The Morgan fingerprint density at radius 2 is 2.42 bits per heavy atom. The molecule has 0 amide bonds. The second-order valence-corrected chi connectivity index (χ2v) is 2.20. The number of esters is 1. The lowest BCUT2D eigenvalue weighted by molar-refractivity contribution is -0.137. The SMILES string of the molecule is C=CC[C@H](O)/C=C/C(=O)OCC. The average Bonchev–Trinajstić information content (AvgIpc) is 2.02. The van der Waals surface area contributed by atoms with Crippen LogP contribution in [0, 0.1) is 0 Å². The van der Waals surface area contributed by atoms with Gasteiger partial charge in [0, 0.05) is 6.08 Å². The van der Waals surface area contributed by atoms with E-state index in [1.807, 2.05) is 0 Å². The summed E-state index contributed by atoms with van der Waals surface area (Å²) < 4.78 is 4.61. The van der Waals surface area contributed by atoms with Gasteiger partial charge in [0.05, 0.1) is 12.7 Å². The predicted octanol–water partition coefficient (Wildman–Crippen LogP) is 1.04. The largest absolute Gasteiger partial charge is 0.463 e. The van der Waals surface area contributed by atoms with Gasteiger partial charge in [-0.2, -0.15) is 0 Å². The minimum absolute atomic E-state index is 0.348. The molecular weight excluding hydrogens is 156 g/mol. The van der Waals surface area contributed by atoms with Gasteiger partial charge in [-0.25, -0.2) is 4.79 Å². The zero-order chi connectivity index (χ0) is 9.40. The molecule has 3 nitrogen and oxygen atoms in total. The summed E-state index contributed by atoms with van der Waals surface area (Å²) in [5.74, 6) is -0.430. The van der Waals surface area contributed by atoms with E-state index in [2.05, 4.69) is 11.3 Å². The normalized spacial score (nSPS) is 12.8. The Bertz CT molecular complexity index is 173. The van der Waals surface area contributed by atoms with Crippen LogP contribution in [0.5, 0.6) is 0 Å². The second-order valence-electron chi connectivity index (χ2n) is 2.20. The minimum atomic E-state index is -0.646. The van der Waals surface area contributed by atoms with Crippen molar-refractivity contribution in [3.05, 3.63) is 24.8 Å². The third-order valence-electron chi connectivity index (χ3n) is 1.15. The lowest BCUT2D eigenvalue weighted by atomic mass is 10.2. The molecule has 0 saturated heterocycles. The summed E-state index contributed by atoms with van der Waals surface area (Å²) in [6.45, 7) is 5.53. The van der Waals surface area contributed by atoms with Crippen LogP contribution in [0.15, 0.2) is 24.8 Å². The van der Waals surface area contributed by atoms with Crippen molar-refractivity contribution in [2.24, 2.45) is 0 Å². The molecule has 0 saturated carbocycles. The van der Waals surface area contributed by atoms with Gasteiger partial charge < -0.3 is 9.84 Å². The van der Waals surface area contributed by atoms with Crippen LogP contribution in [0.1, 0.15) is 13.3 Å². The van der Waals surface area contributed by atoms with Crippen molar-refractivity contribution in [1.82, 2.24) is 0 Å². The molecule has 0 aliphatic carbocycles. The van der Waals surface area contributed by atoms with E-state index >= 15 is 0 Å². The molecule has 0 aromatic rings. The van der Waals surface area contributed by atoms with Crippen LogP contribution in [0.3, 0.4) is 0 Å². The van der Waals surface area contributed by atoms with E-state index in [9.17, 15) is 4.79 Å². The number of aliphatic hydroxyl groups is 1. The minimum Gasteiger partial charge on any atom is -0.463 e. The van der Waals surface area contributed by atoms with E-state index in [0.717, 1.165) is 0 Å². The predicted molar refractivity (Wildman–Crippen MR) is 46.6 cm³/mol. The smallest absolute Gasteiger partial charge is 0.330 e. The Balaban J connectivity index is 3.72. The van der Waals surface area contributed by atoms with Gasteiger partial charge in [0.15, 0.2) is 0 Å². The average molecular weight is 170 g/mol. The molecule has 1 N–H and O–H groups in total. The van der Waals surface area contributed by atoms with Crippen molar-refractivity contribution < 1.29 is 14.6 Å². The summed E-state index contributed by atoms with van der Waals surface area (Å²) >= 11 is 0. The molecule has 0 aliphatic rings. The van der Waals surface area contributed by atoms with Crippen LogP contribution in [-0.2, 0) is 9.53 Å². The fraction of sp³-hybridized carbons (Fsp3) is 0.444. The van der Waals surface area contributed by atoms with E-state index in [0.29, 0.717) is 13.0 Å². The lowest BCUT2D eigenvalue weighted by Gasteiger charge is -1.99. The number of hydrogen-bond donors (Lipinski definition) is 1. The molecule has 0 rings (SSSR count). The van der Waals surface area contributed by atoms with E-state index < -0.39 is 12.1 Å². The third-order valence-corrected chi connectivity index (χ3v) is 1.15. The number of rotatable bonds is 5. The van der Waals surface area contributed by atoms with E-state index in [1.165, 1.54) is 12.2 Å². The molecule has 0 fully saturated rings. The summed E-state index contributed by atoms with van der Waals surface area (Å²) in [5, 5.41) is 9.10.